The van der Waals surface area contributed by atoms with E-state index in [1.165, 1.54) is 13.8 Å². The van der Waals surface area contributed by atoms with E-state index in [1.807, 2.05) is 6.92 Å². The minimum absolute atomic E-state index is 0.0675. The summed E-state index contributed by atoms with van der Waals surface area (Å²) < 4.78 is 48.1. The highest BCUT2D eigenvalue weighted by Crippen LogP contribution is 2.70. The van der Waals surface area contributed by atoms with Gasteiger partial charge in [0.15, 0.2) is 24.7 Å². The van der Waals surface area contributed by atoms with Crippen molar-refractivity contribution in [3.8, 4) is 0 Å². The molecule has 7 fully saturated rings. The second-order valence-corrected chi connectivity index (χ2v) is 21.7. The maximum absolute atomic E-state index is 12.2. The molecule has 11 N–H and O–H groups in total. The Kier molecular flexibility index (Phi) is 15.3. The molecule has 4 saturated heterocycles. The summed E-state index contributed by atoms with van der Waals surface area (Å²) in [7, 11) is 0. The first-order valence-electron chi connectivity index (χ1n) is 24.4. The molecular weight excluding hydrogens is 884 g/mol. The molecule has 8 rings (SSSR count). The van der Waals surface area contributed by atoms with Gasteiger partial charge < -0.3 is 94.1 Å². The largest absolute Gasteiger partial charge is 0.463 e. The predicted octanol–water partition coefficient (Wildman–Crippen LogP) is -1.29. The molecule has 4 aliphatic carbocycles. The van der Waals surface area contributed by atoms with E-state index in [-0.39, 0.29) is 60.1 Å². The normalized spacial score (nSPS) is 53.4. The van der Waals surface area contributed by atoms with Crippen LogP contribution in [0.2, 0.25) is 0 Å². The van der Waals surface area contributed by atoms with Crippen LogP contribution in [0.3, 0.4) is 0 Å². The van der Waals surface area contributed by atoms with Gasteiger partial charge in [0.05, 0.1) is 37.6 Å². The monoisotopic (exact) mass is 960 g/mol. The Balaban J connectivity index is 0.966. The fraction of sp³-hybridized carbons (Fsp3) is 0.936. The van der Waals surface area contributed by atoms with Crippen molar-refractivity contribution in [3.05, 3.63) is 11.6 Å². The molecule has 27 atom stereocenters. The highest BCUT2D eigenvalue weighted by molar-refractivity contribution is 5.65. The summed E-state index contributed by atoms with van der Waals surface area (Å²) >= 11 is 0. The number of carbonyl (C=O) groups is 1. The summed E-state index contributed by atoms with van der Waals surface area (Å²) in [6.45, 7) is 10.3. The van der Waals surface area contributed by atoms with E-state index in [0.717, 1.165) is 31.3 Å². The van der Waals surface area contributed by atoms with Crippen molar-refractivity contribution in [1.82, 2.24) is 0 Å². The molecule has 0 aromatic carbocycles. The lowest BCUT2D eigenvalue weighted by molar-refractivity contribution is -0.374. The molecule has 4 aliphatic heterocycles. The van der Waals surface area contributed by atoms with Crippen molar-refractivity contribution in [3.63, 3.8) is 0 Å². The van der Waals surface area contributed by atoms with E-state index < -0.39 is 135 Å². The molecule has 0 aromatic rings. The lowest BCUT2D eigenvalue weighted by Crippen LogP contribution is -2.65. The third kappa shape index (κ3) is 9.31. The molecule has 27 unspecified atom stereocenters. The van der Waals surface area contributed by atoms with E-state index in [2.05, 4.69) is 26.8 Å². The van der Waals surface area contributed by atoms with Crippen LogP contribution in [0.4, 0.5) is 0 Å². The van der Waals surface area contributed by atoms with Crippen LogP contribution in [0.15, 0.2) is 11.6 Å². The van der Waals surface area contributed by atoms with Gasteiger partial charge in [-0.25, -0.2) is 0 Å². The van der Waals surface area contributed by atoms with Gasteiger partial charge >= 0.3 is 5.97 Å². The second-order valence-electron chi connectivity index (χ2n) is 21.7. The Morgan fingerprint density at radius 1 is 0.821 bits per heavy atom. The summed E-state index contributed by atoms with van der Waals surface area (Å²) in [4.78, 5) is 11.8. The van der Waals surface area contributed by atoms with Crippen LogP contribution in [-0.2, 0) is 42.7 Å². The van der Waals surface area contributed by atoms with Gasteiger partial charge in [0.1, 0.15) is 73.8 Å². The van der Waals surface area contributed by atoms with Crippen molar-refractivity contribution in [1.29, 1.82) is 0 Å². The molecule has 0 aromatic heterocycles. The van der Waals surface area contributed by atoms with Gasteiger partial charge in [0.2, 0.25) is 0 Å². The van der Waals surface area contributed by atoms with Crippen molar-refractivity contribution in [2.75, 3.05) is 19.8 Å². The zero-order valence-corrected chi connectivity index (χ0v) is 39.3. The number of ether oxygens (including phenoxy) is 8. The standard InChI is InChI=1S/C47H76O20/c1-19(17-61-42-39(57)37(55)34(52)29(16-48)63-42)9-12-47(59)20(2)32-28(67-47)15-27-25-8-7-23-13-24(50)14-31(46(23,6)26(25)10-11-45(27,32)5)65-44-41(38(56)35(53)30(64-44)18-60-22(4)49)66-43-40(58)36(54)33(51)21(3)62-43/h7,19-21,24-44,48,50-59H,8-18H2,1-6H3. The lowest BCUT2D eigenvalue weighted by Gasteiger charge is -2.60. The van der Waals surface area contributed by atoms with Crippen LogP contribution < -0.4 is 0 Å². The highest BCUT2D eigenvalue weighted by atomic mass is 16.8. The Labute approximate surface area is 391 Å². The average molecular weight is 961 g/mol. The van der Waals surface area contributed by atoms with Crippen molar-refractivity contribution in [2.45, 2.75) is 209 Å². The first-order valence-corrected chi connectivity index (χ1v) is 24.4. The van der Waals surface area contributed by atoms with E-state index in [9.17, 15) is 61.0 Å². The van der Waals surface area contributed by atoms with Gasteiger partial charge in [-0.2, -0.15) is 0 Å². The number of fused-ring (bicyclic) bond motifs is 7. The number of aliphatic hydroxyl groups is 11. The van der Waals surface area contributed by atoms with Crippen LogP contribution in [0.1, 0.15) is 92.9 Å². The quantitative estimate of drug-likeness (QED) is 0.0756. The highest BCUT2D eigenvalue weighted by Gasteiger charge is 2.69. The zero-order chi connectivity index (χ0) is 48.7. The molecule has 67 heavy (non-hydrogen) atoms. The van der Waals surface area contributed by atoms with Gasteiger partial charge in [0, 0.05) is 31.1 Å². The lowest BCUT2D eigenvalue weighted by atomic mass is 9.46. The minimum Gasteiger partial charge on any atom is -0.463 e. The Bertz CT molecular complexity index is 1750. The second kappa shape index (κ2) is 19.8. The number of aliphatic hydroxyl groups excluding tert-OH is 10. The Hall–Kier alpha value is -1.51. The number of rotatable bonds is 13. The van der Waals surface area contributed by atoms with Gasteiger partial charge in [-0.15, -0.1) is 0 Å². The van der Waals surface area contributed by atoms with Gasteiger partial charge in [-0.1, -0.05) is 39.3 Å². The SMILES string of the molecule is CC(=O)OCC1OC(OC2CC(O)CC3=CCC4C5CC6OC(O)(CCC(C)COC7OC(CO)C(O)C(O)C7O)C(C)C6C5(C)CCC4C32C)C(OC2OC(C)C(O)C(O)C2O)C(O)C1O. The third-order valence-corrected chi connectivity index (χ3v) is 17.7. The smallest absolute Gasteiger partial charge is 0.302 e. The van der Waals surface area contributed by atoms with Gasteiger partial charge in [-0.05, 0) is 80.5 Å². The number of hydrogen-bond acceptors (Lipinski definition) is 20. The minimum atomic E-state index is -1.74. The molecular formula is C47H76O20. The van der Waals surface area contributed by atoms with Crippen LogP contribution in [0.25, 0.3) is 0 Å². The molecule has 3 saturated carbocycles. The molecule has 0 radical (unpaired) electrons. The average Bonchev–Trinajstić information content (AvgIpc) is 3.72. The first kappa shape index (κ1) is 51.8. The molecule has 20 heteroatoms. The number of allylic oxidation sites excluding steroid dienone is 1. The fourth-order valence-corrected chi connectivity index (χ4v) is 13.8. The molecule has 20 nitrogen and oxygen atoms in total. The predicted molar refractivity (Wildman–Crippen MR) is 228 cm³/mol. The van der Waals surface area contributed by atoms with Crippen LogP contribution >= 0.6 is 0 Å². The molecule has 8 aliphatic rings. The number of hydrogen-bond donors (Lipinski definition) is 11. The van der Waals surface area contributed by atoms with Gasteiger partial charge in [-0.3, -0.25) is 4.79 Å². The topological polar surface area (TPSA) is 313 Å². The molecule has 4 heterocycles. The van der Waals surface area contributed by atoms with Crippen molar-refractivity contribution < 1.29 is 98.9 Å². The van der Waals surface area contributed by atoms with Crippen LogP contribution in [0, 0.1) is 46.3 Å². The summed E-state index contributed by atoms with van der Waals surface area (Å²) in [6.07, 6.45) is -16.5. The van der Waals surface area contributed by atoms with Gasteiger partial charge in [0.25, 0.3) is 0 Å². The summed E-state index contributed by atoms with van der Waals surface area (Å²) in [5, 5.41) is 118. The number of esters is 1. The molecule has 0 amide bonds. The van der Waals surface area contributed by atoms with Crippen molar-refractivity contribution in [2.24, 2.45) is 46.3 Å². The van der Waals surface area contributed by atoms with E-state index >= 15 is 0 Å². The summed E-state index contributed by atoms with van der Waals surface area (Å²) in [6, 6.07) is 0. The van der Waals surface area contributed by atoms with E-state index in [0.29, 0.717) is 19.3 Å². The maximum Gasteiger partial charge on any atom is 0.302 e. The van der Waals surface area contributed by atoms with Crippen LogP contribution in [-0.4, -0.2) is 198 Å². The number of carbonyl (C=O) groups excluding carboxylic acids is 1. The zero-order valence-electron chi connectivity index (χ0n) is 39.3. The summed E-state index contributed by atoms with van der Waals surface area (Å²) in [5.74, 6) is -1.77. The molecule has 384 valence electrons. The summed E-state index contributed by atoms with van der Waals surface area (Å²) in [5.41, 5.74) is 0.231. The molecule has 0 spiro atoms. The third-order valence-electron chi connectivity index (χ3n) is 17.7. The van der Waals surface area contributed by atoms with Crippen LogP contribution in [0.5, 0.6) is 0 Å². The molecule has 0 bridgehead atoms. The Morgan fingerprint density at radius 3 is 2.19 bits per heavy atom. The Morgan fingerprint density at radius 2 is 1.49 bits per heavy atom. The van der Waals surface area contributed by atoms with Crippen molar-refractivity contribution >= 4 is 5.97 Å². The first-order chi connectivity index (χ1) is 31.5. The van der Waals surface area contributed by atoms with E-state index in [4.69, 9.17) is 37.9 Å². The maximum atomic E-state index is 12.2. The van der Waals surface area contributed by atoms with E-state index in [1.54, 1.807) is 0 Å². The fourth-order valence-electron chi connectivity index (χ4n) is 13.8.